The van der Waals surface area contributed by atoms with Crippen LogP contribution in [0.5, 0.6) is 0 Å². The van der Waals surface area contributed by atoms with Crippen molar-refractivity contribution >= 4 is 119 Å². The number of amides is 3. The molecule has 0 fully saturated rings. The number of aryl methyl sites for hydroxylation is 5. The highest BCUT2D eigenvalue weighted by Crippen LogP contribution is 2.35. The molecule has 19 heteroatoms. The Hall–Kier alpha value is -12.0. The van der Waals surface area contributed by atoms with Gasteiger partial charge in [-0.05, 0) is 186 Å². The van der Waals surface area contributed by atoms with Gasteiger partial charge in [0.1, 0.15) is 27.8 Å². The van der Waals surface area contributed by atoms with Crippen LogP contribution >= 0.6 is 0 Å². The smallest absolute Gasteiger partial charge is 0.251 e. The van der Waals surface area contributed by atoms with Crippen LogP contribution in [0.15, 0.2) is 198 Å². The number of nitrogens with one attached hydrogen (secondary N) is 7. The zero-order chi connectivity index (χ0) is 74.2. The summed E-state index contributed by atoms with van der Waals surface area (Å²) < 4.78 is 4.46. The van der Waals surface area contributed by atoms with Crippen LogP contribution in [0.4, 0.5) is 45.5 Å². The van der Waals surface area contributed by atoms with Gasteiger partial charge in [0.25, 0.3) is 17.7 Å². The zero-order valence-corrected chi connectivity index (χ0v) is 61.6. The average Bonchev–Trinajstić information content (AvgIpc) is 0.753. The van der Waals surface area contributed by atoms with Gasteiger partial charge in [0.05, 0.1) is 11.4 Å². The van der Waals surface area contributed by atoms with Crippen molar-refractivity contribution in [2.24, 2.45) is 4.99 Å². The molecule has 0 spiro atoms. The minimum atomic E-state index is -0.360. The second-order valence-corrected chi connectivity index (χ2v) is 27.8. The van der Waals surface area contributed by atoms with E-state index in [0.717, 1.165) is 213 Å². The quantitative estimate of drug-likeness (QED) is 0.00618. The Morgan fingerprint density at radius 3 is 1.19 bits per heavy atom. The van der Waals surface area contributed by atoms with Crippen molar-refractivity contribution in [2.75, 3.05) is 72.4 Å². The monoisotopic (exact) mass is 1420 g/mol. The summed E-state index contributed by atoms with van der Waals surface area (Å²) in [7, 11) is 0. The molecule has 1 aliphatic rings. The van der Waals surface area contributed by atoms with Crippen molar-refractivity contribution in [1.82, 2.24) is 31.2 Å². The SMILES string of the molecule is CC1=CC(=Nc2cc(C)c(N)cc2Nc2ccccc2)C(=O)C=C1NCCCCCCNC(=O)c1cc(C(=O)NCCCCCCNc2cc3c(cc2C)nc2cc(C)c(N)cc2[n+]3-c2ccccc2)cc(C(=O)NCCCCCCNc2cc3c(cc2C)nc2cc(C)c(N)cc2[n+]3-c2ccccc2)c1. The summed E-state index contributed by atoms with van der Waals surface area (Å²) in [6, 6.07) is 55.5. The number of benzene rings is 9. The second kappa shape index (κ2) is 34.5. The predicted octanol–water partition coefficient (Wildman–Crippen LogP) is 15.5. The first kappa shape index (κ1) is 73.8. The Balaban J connectivity index is 0.622. The number of hydrogen-bond donors (Lipinski definition) is 10. The molecule has 0 unspecified atom stereocenters. The number of ketones is 1. The number of rotatable bonds is 32. The number of nitrogen functional groups attached to an aromatic ring is 3. The van der Waals surface area contributed by atoms with Crippen molar-refractivity contribution in [3.05, 3.63) is 238 Å². The number of unbranched alkanes of at least 4 members (excludes halogenated alkanes) is 9. The molecule has 11 aromatic rings. The van der Waals surface area contributed by atoms with Crippen LogP contribution in [0.25, 0.3) is 55.5 Å². The molecule has 0 aliphatic heterocycles. The van der Waals surface area contributed by atoms with Crippen molar-refractivity contribution in [1.29, 1.82) is 0 Å². The number of anilines is 7. The van der Waals surface area contributed by atoms with Crippen LogP contribution in [0.3, 0.4) is 0 Å². The molecule has 0 saturated heterocycles. The summed E-state index contributed by atoms with van der Waals surface area (Å²) >= 11 is 0. The molecule has 19 nitrogen and oxygen atoms in total. The summed E-state index contributed by atoms with van der Waals surface area (Å²) in [6.45, 7) is 15.6. The van der Waals surface area contributed by atoms with E-state index in [4.69, 9.17) is 32.2 Å². The predicted molar refractivity (Wildman–Crippen MR) is 432 cm³/mol. The third-order valence-corrected chi connectivity index (χ3v) is 19.7. The Morgan fingerprint density at radius 2 is 0.755 bits per heavy atom. The van der Waals surface area contributed by atoms with Gasteiger partial charge in [0.2, 0.25) is 39.2 Å². The van der Waals surface area contributed by atoms with Crippen LogP contribution in [-0.2, 0) is 4.79 Å². The Morgan fingerprint density at radius 1 is 0.387 bits per heavy atom. The van der Waals surface area contributed by atoms with Crippen LogP contribution in [0.2, 0.25) is 0 Å². The minimum Gasteiger partial charge on any atom is -0.398 e. The standard InChI is InChI=1S/C87H95N15O4/c1-55-40-73(74(49-67(55)88)97-64-28-16-13-17-29-64)98-79-45-60(6)72(54-84(79)103)93-36-24-9-12-27-39-96-87(106)63-47-61(85(104)94-37-25-10-7-22-34-91-70-52-82-77(43-58(70)4)99-75-41-56(2)68(89)50-80(75)101(82)65-30-18-14-19-31-65)46-62(48-63)86(105)95-38-26-11-8-23-35-92-71-53-83-78(44-59(71)5)100-76-42-57(3)69(90)51-81(76)102(83)66-32-20-15-21-33-66/h13-21,28-33,40-54H,7-12,22-27,34-39H2,1-6H3,(H11,88,89,90,91,92,93,94,95,96,97,103,104,105,106)/p+2. The van der Waals surface area contributed by atoms with Gasteiger partial charge >= 0.3 is 0 Å². The van der Waals surface area contributed by atoms with Gasteiger partial charge in [0, 0.05) is 150 Å². The summed E-state index contributed by atoms with van der Waals surface area (Å²) in [5.41, 5.74) is 42.8. The first-order valence-corrected chi connectivity index (χ1v) is 37.1. The lowest BCUT2D eigenvalue weighted by molar-refractivity contribution is -0.538. The molecular weight excluding hydrogens is 1320 g/mol. The van der Waals surface area contributed by atoms with E-state index in [2.05, 4.69) is 121 Å². The normalized spacial score (nSPS) is 12.5. The molecule has 0 bridgehead atoms. The number of allylic oxidation sites excluding steroid dienone is 3. The van der Waals surface area contributed by atoms with E-state index in [0.29, 0.717) is 49.0 Å². The molecule has 2 aromatic heterocycles. The van der Waals surface area contributed by atoms with E-state index >= 15 is 0 Å². The van der Waals surface area contributed by atoms with Gasteiger partial charge in [-0.25, -0.2) is 15.0 Å². The topological polar surface area (TPSA) is 276 Å². The largest absolute Gasteiger partial charge is 0.398 e. The lowest BCUT2D eigenvalue weighted by Crippen LogP contribution is -2.33. The van der Waals surface area contributed by atoms with E-state index in [1.54, 1.807) is 24.3 Å². The number of fused-ring (bicyclic) bond motifs is 4. The van der Waals surface area contributed by atoms with Crippen LogP contribution in [0, 0.1) is 34.6 Å². The van der Waals surface area contributed by atoms with Gasteiger partial charge in [-0.3, -0.25) is 19.2 Å². The van der Waals surface area contributed by atoms with E-state index in [1.165, 1.54) is 0 Å². The Kier molecular flexibility index (Phi) is 24.0. The number of hydrogen-bond acceptors (Lipinski definition) is 14. The lowest BCUT2D eigenvalue weighted by Gasteiger charge is -2.17. The molecule has 0 atom stereocenters. The number of carbonyl (C=O) groups excluding carboxylic acids is 4. The van der Waals surface area contributed by atoms with Crippen LogP contribution in [0.1, 0.15) is 143 Å². The molecule has 13 N–H and O–H groups in total. The molecule has 9 aromatic carbocycles. The maximum atomic E-state index is 14.0. The summed E-state index contributed by atoms with van der Waals surface area (Å²) in [6.07, 6.45) is 13.8. The molecule has 106 heavy (non-hydrogen) atoms. The van der Waals surface area contributed by atoms with Gasteiger partial charge in [-0.2, -0.15) is 0 Å². The Bertz CT molecular complexity index is 4970. The number of aliphatic imine (C=N–C) groups is 1. The van der Waals surface area contributed by atoms with E-state index in [-0.39, 0.29) is 40.2 Å². The van der Waals surface area contributed by atoms with E-state index < -0.39 is 0 Å². The third kappa shape index (κ3) is 18.1. The fourth-order valence-corrected chi connectivity index (χ4v) is 13.5. The second-order valence-electron chi connectivity index (χ2n) is 27.8. The number of carbonyl (C=O) groups is 4. The van der Waals surface area contributed by atoms with Gasteiger partial charge in [-0.15, -0.1) is 9.13 Å². The molecule has 1 aliphatic carbocycles. The van der Waals surface area contributed by atoms with Gasteiger partial charge in [-0.1, -0.05) is 93.1 Å². The third-order valence-electron chi connectivity index (χ3n) is 19.7. The molecule has 0 saturated carbocycles. The van der Waals surface area contributed by atoms with Crippen LogP contribution < -0.4 is 63.6 Å². The van der Waals surface area contributed by atoms with Crippen molar-refractivity contribution < 1.29 is 28.3 Å². The van der Waals surface area contributed by atoms with Crippen molar-refractivity contribution in [3.8, 4) is 11.4 Å². The maximum absolute atomic E-state index is 14.0. The average molecular weight is 1420 g/mol. The summed E-state index contributed by atoms with van der Waals surface area (Å²) in [5, 5.41) is 23.4. The highest BCUT2D eigenvalue weighted by molar-refractivity contribution is 6.49. The molecular formula is C87H97N15O4+2. The van der Waals surface area contributed by atoms with Gasteiger partial charge in [0.15, 0.2) is 0 Å². The summed E-state index contributed by atoms with van der Waals surface area (Å²) in [4.78, 5) is 70.3. The van der Waals surface area contributed by atoms with Crippen molar-refractivity contribution in [2.45, 2.75) is 119 Å². The number of nitrogens with two attached hydrogens (primary N) is 3. The van der Waals surface area contributed by atoms with Gasteiger partial charge < -0.3 is 54.4 Å². The van der Waals surface area contributed by atoms with E-state index in [1.807, 2.05) is 125 Å². The molecule has 542 valence electrons. The first-order valence-electron chi connectivity index (χ1n) is 37.1. The van der Waals surface area contributed by atoms with E-state index in [9.17, 15) is 19.2 Å². The highest BCUT2D eigenvalue weighted by Gasteiger charge is 2.26. The molecule has 3 amide bonds. The lowest BCUT2D eigenvalue weighted by atomic mass is 10.0. The minimum absolute atomic E-state index is 0.191. The number of aromatic nitrogens is 4. The molecule has 0 radical (unpaired) electrons. The molecule has 2 heterocycles. The fourth-order valence-electron chi connectivity index (χ4n) is 13.5. The Labute approximate surface area is 620 Å². The molecule has 12 rings (SSSR count). The maximum Gasteiger partial charge on any atom is 0.251 e. The van der Waals surface area contributed by atoms with Crippen LogP contribution in [-0.4, -0.2) is 78.5 Å². The summed E-state index contributed by atoms with van der Waals surface area (Å²) in [5.74, 6) is -1.25. The zero-order valence-electron chi connectivity index (χ0n) is 61.6. The number of nitrogens with zero attached hydrogens (tertiary/aromatic N) is 5. The highest BCUT2D eigenvalue weighted by atomic mass is 16.2. The number of para-hydroxylation sites is 3. The first-order chi connectivity index (χ1) is 51.4. The fraction of sp³-hybridized carbons (Fsp3) is 0.276. The van der Waals surface area contributed by atoms with Crippen molar-refractivity contribution in [3.63, 3.8) is 0 Å².